The molecule has 0 aromatic heterocycles. The van der Waals surface area contributed by atoms with E-state index in [1.807, 2.05) is 12.1 Å². The summed E-state index contributed by atoms with van der Waals surface area (Å²) in [4.78, 5) is 2.30. The average Bonchev–Trinajstić information content (AvgIpc) is 2.20. The number of nitrogens with zero attached hydrogens (tertiary/aromatic N) is 1. The van der Waals surface area contributed by atoms with Crippen LogP contribution < -0.4 is 10.6 Å². The Bertz CT molecular complexity index is 331. The Hall–Kier alpha value is -1.18. The molecule has 0 aliphatic rings. The third kappa shape index (κ3) is 2.44. The van der Waals surface area contributed by atoms with Crippen LogP contribution in [0, 0.1) is 12.8 Å². The summed E-state index contributed by atoms with van der Waals surface area (Å²) in [6.07, 6.45) is 0. The van der Waals surface area contributed by atoms with Crippen LogP contribution in [0.5, 0.6) is 0 Å². The fourth-order valence-corrected chi connectivity index (χ4v) is 1.69. The molecule has 0 amide bonds. The Morgan fingerprint density at radius 2 is 1.80 bits per heavy atom. The highest BCUT2D eigenvalue weighted by Gasteiger charge is 2.15. The summed E-state index contributed by atoms with van der Waals surface area (Å²) in [6, 6.07) is 6.61. The fourth-order valence-electron chi connectivity index (χ4n) is 1.69. The molecule has 1 unspecified atom stereocenters. The second-order valence-corrected chi connectivity index (χ2v) is 4.59. The fraction of sp³-hybridized carbons (Fsp3) is 0.538. The minimum Gasteiger partial charge on any atom is -0.398 e. The summed E-state index contributed by atoms with van der Waals surface area (Å²) >= 11 is 0. The lowest BCUT2D eigenvalue weighted by atomic mass is 10.0. The molecule has 1 atom stereocenters. The van der Waals surface area contributed by atoms with Gasteiger partial charge in [0.15, 0.2) is 0 Å². The van der Waals surface area contributed by atoms with Crippen LogP contribution >= 0.6 is 0 Å². The first kappa shape index (κ1) is 11.9. The van der Waals surface area contributed by atoms with E-state index in [2.05, 4.69) is 45.7 Å². The van der Waals surface area contributed by atoms with E-state index >= 15 is 0 Å². The smallest absolute Gasteiger partial charge is 0.0416 e. The van der Waals surface area contributed by atoms with Gasteiger partial charge in [0, 0.05) is 24.5 Å². The first-order valence-corrected chi connectivity index (χ1v) is 5.53. The van der Waals surface area contributed by atoms with Crippen LogP contribution in [0.4, 0.5) is 11.4 Å². The van der Waals surface area contributed by atoms with E-state index in [4.69, 9.17) is 5.73 Å². The highest BCUT2D eigenvalue weighted by atomic mass is 15.1. The van der Waals surface area contributed by atoms with E-state index in [1.54, 1.807) is 0 Å². The average molecular weight is 206 g/mol. The summed E-state index contributed by atoms with van der Waals surface area (Å²) in [5.74, 6) is 0.635. The maximum atomic E-state index is 5.91. The van der Waals surface area contributed by atoms with E-state index in [0.717, 1.165) is 5.69 Å². The lowest BCUT2D eigenvalue weighted by molar-refractivity contribution is 0.505. The largest absolute Gasteiger partial charge is 0.398 e. The Balaban J connectivity index is 3.01. The maximum Gasteiger partial charge on any atom is 0.0416 e. The second kappa shape index (κ2) is 4.56. The molecule has 0 heterocycles. The van der Waals surface area contributed by atoms with E-state index in [0.29, 0.717) is 12.0 Å². The van der Waals surface area contributed by atoms with Crippen LogP contribution in [0.3, 0.4) is 0 Å². The van der Waals surface area contributed by atoms with Crippen LogP contribution in [0.2, 0.25) is 0 Å². The van der Waals surface area contributed by atoms with Gasteiger partial charge < -0.3 is 10.6 Å². The number of nitrogens with two attached hydrogens (primary N) is 1. The van der Waals surface area contributed by atoms with Crippen molar-refractivity contribution in [2.75, 3.05) is 17.7 Å². The minimum atomic E-state index is 0.519. The lowest BCUT2D eigenvalue weighted by Crippen LogP contribution is -2.33. The quantitative estimate of drug-likeness (QED) is 0.770. The minimum absolute atomic E-state index is 0.519. The van der Waals surface area contributed by atoms with E-state index in [9.17, 15) is 0 Å². The van der Waals surface area contributed by atoms with Gasteiger partial charge in [-0.1, -0.05) is 19.9 Å². The number of hydrogen-bond acceptors (Lipinski definition) is 2. The van der Waals surface area contributed by atoms with Crippen molar-refractivity contribution in [2.45, 2.75) is 33.7 Å². The Morgan fingerprint density at radius 1 is 1.20 bits per heavy atom. The van der Waals surface area contributed by atoms with Crippen molar-refractivity contribution in [3.8, 4) is 0 Å². The molecule has 0 saturated heterocycles. The van der Waals surface area contributed by atoms with E-state index < -0.39 is 0 Å². The van der Waals surface area contributed by atoms with Gasteiger partial charge in [-0.25, -0.2) is 0 Å². The summed E-state index contributed by atoms with van der Waals surface area (Å²) in [5.41, 5.74) is 9.18. The molecule has 0 fully saturated rings. The molecule has 0 bridgehead atoms. The van der Waals surface area contributed by atoms with Crippen molar-refractivity contribution in [3.63, 3.8) is 0 Å². The Morgan fingerprint density at radius 3 is 2.33 bits per heavy atom. The third-order valence-corrected chi connectivity index (χ3v) is 3.30. The van der Waals surface area contributed by atoms with Gasteiger partial charge in [-0.05, 0) is 37.5 Å². The first-order chi connectivity index (χ1) is 6.95. The highest BCUT2D eigenvalue weighted by molar-refractivity contribution is 5.64. The zero-order valence-corrected chi connectivity index (χ0v) is 10.4. The van der Waals surface area contributed by atoms with Gasteiger partial charge in [0.1, 0.15) is 0 Å². The number of benzene rings is 1. The molecule has 15 heavy (non-hydrogen) atoms. The van der Waals surface area contributed by atoms with Crippen molar-refractivity contribution in [1.82, 2.24) is 0 Å². The summed E-state index contributed by atoms with van der Waals surface area (Å²) in [5, 5.41) is 0. The predicted octanol–water partition coefficient (Wildman–Crippen LogP) is 3.06. The van der Waals surface area contributed by atoms with Gasteiger partial charge in [0.2, 0.25) is 0 Å². The lowest BCUT2D eigenvalue weighted by Gasteiger charge is -2.31. The molecular formula is C13H22N2. The number of rotatable bonds is 3. The molecule has 84 valence electrons. The van der Waals surface area contributed by atoms with E-state index in [1.165, 1.54) is 11.3 Å². The molecule has 0 saturated carbocycles. The van der Waals surface area contributed by atoms with E-state index in [-0.39, 0.29) is 0 Å². The van der Waals surface area contributed by atoms with Crippen LogP contribution in [0.15, 0.2) is 18.2 Å². The van der Waals surface area contributed by atoms with Crippen molar-refractivity contribution in [3.05, 3.63) is 23.8 Å². The Kier molecular flexibility index (Phi) is 3.61. The van der Waals surface area contributed by atoms with Gasteiger partial charge >= 0.3 is 0 Å². The SMILES string of the molecule is Cc1c(N)cccc1N(C)C(C)C(C)C. The van der Waals surface area contributed by atoms with Crippen molar-refractivity contribution in [1.29, 1.82) is 0 Å². The molecule has 2 heteroatoms. The normalized spacial score (nSPS) is 12.9. The molecule has 2 nitrogen and oxygen atoms in total. The Labute approximate surface area is 93.1 Å². The van der Waals surface area contributed by atoms with Crippen LogP contribution in [-0.4, -0.2) is 13.1 Å². The van der Waals surface area contributed by atoms with Crippen molar-refractivity contribution >= 4 is 11.4 Å². The van der Waals surface area contributed by atoms with Gasteiger partial charge in [-0.15, -0.1) is 0 Å². The summed E-state index contributed by atoms with van der Waals surface area (Å²) in [6.45, 7) is 8.80. The van der Waals surface area contributed by atoms with Crippen molar-refractivity contribution < 1.29 is 0 Å². The van der Waals surface area contributed by atoms with Crippen LogP contribution in [0.1, 0.15) is 26.3 Å². The summed E-state index contributed by atoms with van der Waals surface area (Å²) < 4.78 is 0. The predicted molar refractivity (Wildman–Crippen MR) is 68.3 cm³/mol. The van der Waals surface area contributed by atoms with Crippen molar-refractivity contribution in [2.24, 2.45) is 5.92 Å². The molecule has 1 rings (SSSR count). The third-order valence-electron chi connectivity index (χ3n) is 3.30. The van der Waals surface area contributed by atoms with Gasteiger partial charge in [-0.3, -0.25) is 0 Å². The first-order valence-electron chi connectivity index (χ1n) is 5.53. The molecule has 0 spiro atoms. The number of hydrogen-bond donors (Lipinski definition) is 1. The zero-order chi connectivity index (χ0) is 11.6. The molecule has 1 aromatic rings. The topological polar surface area (TPSA) is 29.3 Å². The number of nitrogen functional groups attached to an aromatic ring is 1. The number of anilines is 2. The summed E-state index contributed by atoms with van der Waals surface area (Å²) in [7, 11) is 2.13. The van der Waals surface area contributed by atoms with Crippen LogP contribution in [-0.2, 0) is 0 Å². The van der Waals surface area contributed by atoms with Gasteiger partial charge in [0.05, 0.1) is 0 Å². The van der Waals surface area contributed by atoms with Crippen LogP contribution in [0.25, 0.3) is 0 Å². The second-order valence-electron chi connectivity index (χ2n) is 4.59. The monoisotopic (exact) mass is 206 g/mol. The highest BCUT2D eigenvalue weighted by Crippen LogP contribution is 2.26. The molecule has 0 radical (unpaired) electrons. The molecule has 1 aromatic carbocycles. The molecule has 0 aliphatic heterocycles. The zero-order valence-electron chi connectivity index (χ0n) is 10.4. The maximum absolute atomic E-state index is 5.91. The molecule has 2 N–H and O–H groups in total. The standard InChI is InChI=1S/C13H22N2/c1-9(2)11(4)15(5)13-8-6-7-12(14)10(13)3/h6-9,11H,14H2,1-5H3. The molecular weight excluding hydrogens is 184 g/mol. The van der Waals surface area contributed by atoms with Gasteiger partial charge in [-0.2, -0.15) is 0 Å². The molecule has 0 aliphatic carbocycles. The van der Waals surface area contributed by atoms with Gasteiger partial charge in [0.25, 0.3) is 0 Å².